The highest BCUT2D eigenvalue weighted by atomic mass is 127. The van der Waals surface area contributed by atoms with Crippen molar-refractivity contribution < 1.29 is 13.2 Å². The average molecular weight is 374 g/mol. The first-order valence-corrected chi connectivity index (χ1v) is 7.99. The van der Waals surface area contributed by atoms with Gasteiger partial charge in [-0.1, -0.05) is 0 Å². The molecule has 0 saturated carbocycles. The number of nitrogens with one attached hydrogen (secondary N) is 2. The minimum absolute atomic E-state index is 0.106. The van der Waals surface area contributed by atoms with Crippen molar-refractivity contribution >= 4 is 49.9 Å². The van der Waals surface area contributed by atoms with Crippen LogP contribution in [0.4, 0.5) is 0 Å². The van der Waals surface area contributed by atoms with Crippen molar-refractivity contribution in [3.63, 3.8) is 0 Å². The predicted molar refractivity (Wildman–Crippen MR) is 72.2 cm³/mol. The number of hydrogen-bond donors (Lipinski definition) is 2. The van der Waals surface area contributed by atoms with Crippen LogP contribution in [-0.4, -0.2) is 33.7 Å². The maximum atomic E-state index is 11.5. The van der Waals surface area contributed by atoms with Gasteiger partial charge in [0.15, 0.2) is 0 Å². The number of carbonyl (C=O) groups excluding carboxylic acids is 1. The fraction of sp³-hybridized carbons (Fsp3) is 0.375. The number of hydrogen-bond acceptors (Lipinski definition) is 4. The summed E-state index contributed by atoms with van der Waals surface area (Å²) in [5.74, 6) is -0.360. The minimum atomic E-state index is -3.26. The van der Waals surface area contributed by atoms with E-state index >= 15 is 0 Å². The zero-order chi connectivity index (χ0) is 12.2. The number of carbonyl (C=O) groups is 1. The number of thiophene rings is 1. The minimum Gasteiger partial charge on any atom is -0.351 e. The summed E-state index contributed by atoms with van der Waals surface area (Å²) in [6.07, 6.45) is 0. The third-order valence-electron chi connectivity index (χ3n) is 1.80. The van der Waals surface area contributed by atoms with Gasteiger partial charge in [-0.3, -0.25) is 4.79 Å². The van der Waals surface area contributed by atoms with E-state index in [0.29, 0.717) is 5.56 Å². The zero-order valence-electron chi connectivity index (χ0n) is 8.49. The quantitative estimate of drug-likeness (QED) is 0.743. The first-order valence-electron chi connectivity index (χ1n) is 4.38. The molecule has 0 unspecified atom stereocenters. The van der Waals surface area contributed by atoms with E-state index in [9.17, 15) is 13.2 Å². The molecule has 0 aliphatic rings. The molecule has 0 spiro atoms. The molecule has 0 aromatic carbocycles. The molecule has 16 heavy (non-hydrogen) atoms. The molecule has 0 radical (unpaired) electrons. The Hall–Kier alpha value is -0.190. The van der Waals surface area contributed by atoms with E-state index < -0.39 is 10.0 Å². The molecule has 0 bridgehead atoms. The monoisotopic (exact) mass is 374 g/mol. The molecule has 8 heteroatoms. The summed E-state index contributed by atoms with van der Waals surface area (Å²) in [7, 11) is -1.91. The SMILES string of the molecule is CNS(=O)(=O)CCNC(=O)c1csc(I)c1. The summed E-state index contributed by atoms with van der Waals surface area (Å²) >= 11 is 3.59. The van der Waals surface area contributed by atoms with E-state index in [2.05, 4.69) is 32.6 Å². The lowest BCUT2D eigenvalue weighted by Gasteiger charge is -2.03. The van der Waals surface area contributed by atoms with Crippen LogP contribution >= 0.6 is 33.9 Å². The normalized spacial score (nSPS) is 11.4. The number of amides is 1. The van der Waals surface area contributed by atoms with Crippen LogP contribution in [0.3, 0.4) is 0 Å². The fourth-order valence-electron chi connectivity index (χ4n) is 0.932. The van der Waals surface area contributed by atoms with Crippen LogP contribution in [0.15, 0.2) is 11.4 Å². The standard InChI is InChI=1S/C8H11IN2O3S2/c1-10-16(13,14)3-2-11-8(12)6-4-7(9)15-5-6/h4-5,10H,2-3H2,1H3,(H,11,12). The van der Waals surface area contributed by atoms with Crippen LogP contribution in [0.25, 0.3) is 0 Å². The summed E-state index contributed by atoms with van der Waals surface area (Å²) < 4.78 is 25.3. The first-order chi connectivity index (χ1) is 7.44. The second-order valence-corrected chi connectivity index (χ2v) is 7.77. The van der Waals surface area contributed by atoms with Crippen molar-refractivity contribution in [2.45, 2.75) is 0 Å². The molecule has 1 amide bonds. The highest BCUT2D eigenvalue weighted by Crippen LogP contribution is 2.16. The molecule has 0 aliphatic heterocycles. The fourth-order valence-corrected chi connectivity index (χ4v) is 2.83. The Bertz CT molecular complexity index is 469. The van der Waals surface area contributed by atoms with Crippen LogP contribution in [0.5, 0.6) is 0 Å². The molecule has 5 nitrogen and oxygen atoms in total. The number of rotatable bonds is 5. The third-order valence-corrected chi connectivity index (χ3v) is 4.95. The molecule has 2 N–H and O–H groups in total. The van der Waals surface area contributed by atoms with Crippen molar-refractivity contribution in [3.8, 4) is 0 Å². The second-order valence-electron chi connectivity index (χ2n) is 2.92. The largest absolute Gasteiger partial charge is 0.351 e. The van der Waals surface area contributed by atoms with E-state index in [1.165, 1.54) is 18.4 Å². The van der Waals surface area contributed by atoms with Crippen LogP contribution in [0, 0.1) is 2.88 Å². The van der Waals surface area contributed by atoms with Gasteiger partial charge in [0.1, 0.15) is 0 Å². The van der Waals surface area contributed by atoms with Gasteiger partial charge in [-0.2, -0.15) is 0 Å². The van der Waals surface area contributed by atoms with Gasteiger partial charge >= 0.3 is 0 Å². The summed E-state index contributed by atoms with van der Waals surface area (Å²) in [5.41, 5.74) is 0.566. The van der Waals surface area contributed by atoms with Gasteiger partial charge < -0.3 is 5.32 Å². The lowest BCUT2D eigenvalue weighted by atomic mass is 10.3. The summed E-state index contributed by atoms with van der Waals surface area (Å²) in [6.45, 7) is 0.106. The summed E-state index contributed by atoms with van der Waals surface area (Å²) in [4.78, 5) is 11.5. The van der Waals surface area contributed by atoms with Gasteiger partial charge in [-0.25, -0.2) is 13.1 Å². The zero-order valence-corrected chi connectivity index (χ0v) is 12.3. The topological polar surface area (TPSA) is 75.3 Å². The van der Waals surface area contributed by atoms with Crippen molar-refractivity contribution in [2.24, 2.45) is 0 Å². The Morgan fingerprint density at radius 1 is 1.56 bits per heavy atom. The number of sulfonamides is 1. The van der Waals surface area contributed by atoms with Crippen LogP contribution in [0.1, 0.15) is 10.4 Å². The maximum Gasteiger partial charge on any atom is 0.252 e. The molecule has 0 aliphatic carbocycles. The van der Waals surface area contributed by atoms with Crippen LogP contribution in [0.2, 0.25) is 0 Å². The average Bonchev–Trinajstić information content (AvgIpc) is 2.64. The Kier molecular flexibility index (Phi) is 5.15. The van der Waals surface area contributed by atoms with Crippen molar-refractivity contribution in [3.05, 3.63) is 19.9 Å². The Morgan fingerprint density at radius 2 is 2.25 bits per heavy atom. The van der Waals surface area contributed by atoms with Gasteiger partial charge in [0.2, 0.25) is 10.0 Å². The first kappa shape index (κ1) is 13.9. The van der Waals surface area contributed by atoms with Gasteiger partial charge in [0, 0.05) is 11.9 Å². The lowest BCUT2D eigenvalue weighted by Crippen LogP contribution is -2.32. The Labute approximate surface area is 112 Å². The predicted octanol–water partition coefficient (Wildman–Crippen LogP) is 0.632. The van der Waals surface area contributed by atoms with Crippen molar-refractivity contribution in [1.29, 1.82) is 0 Å². The lowest BCUT2D eigenvalue weighted by molar-refractivity contribution is 0.0956. The highest BCUT2D eigenvalue weighted by Gasteiger charge is 2.10. The number of halogens is 1. The third kappa shape index (κ3) is 4.36. The molecule has 90 valence electrons. The van der Waals surface area contributed by atoms with E-state index in [-0.39, 0.29) is 18.2 Å². The van der Waals surface area contributed by atoms with Crippen molar-refractivity contribution in [1.82, 2.24) is 10.0 Å². The molecular weight excluding hydrogens is 363 g/mol. The van der Waals surface area contributed by atoms with E-state index in [0.717, 1.165) is 2.88 Å². The molecule has 1 aromatic heterocycles. The molecule has 1 heterocycles. The Morgan fingerprint density at radius 3 is 2.75 bits per heavy atom. The van der Waals surface area contributed by atoms with Crippen LogP contribution < -0.4 is 10.0 Å². The molecule has 0 fully saturated rings. The van der Waals surface area contributed by atoms with E-state index in [4.69, 9.17) is 0 Å². The highest BCUT2D eigenvalue weighted by molar-refractivity contribution is 14.1. The molecule has 0 saturated heterocycles. The molecule has 1 rings (SSSR count). The Balaban J connectivity index is 2.43. The maximum absolute atomic E-state index is 11.5. The summed E-state index contributed by atoms with van der Waals surface area (Å²) in [6, 6.07) is 1.76. The van der Waals surface area contributed by atoms with E-state index in [1.807, 2.05) is 0 Å². The van der Waals surface area contributed by atoms with Crippen molar-refractivity contribution in [2.75, 3.05) is 19.3 Å². The summed E-state index contributed by atoms with van der Waals surface area (Å²) in [5, 5.41) is 4.29. The second kappa shape index (κ2) is 5.94. The molecular formula is C8H11IN2O3S2. The van der Waals surface area contributed by atoms with Gasteiger partial charge in [0.25, 0.3) is 5.91 Å². The van der Waals surface area contributed by atoms with Crippen LogP contribution in [-0.2, 0) is 10.0 Å². The van der Waals surface area contributed by atoms with E-state index in [1.54, 1.807) is 11.4 Å². The molecule has 1 aromatic rings. The van der Waals surface area contributed by atoms with Gasteiger partial charge in [0.05, 0.1) is 14.2 Å². The smallest absolute Gasteiger partial charge is 0.252 e. The van der Waals surface area contributed by atoms with Gasteiger partial charge in [-0.05, 0) is 35.7 Å². The molecule has 0 atom stereocenters. The van der Waals surface area contributed by atoms with Gasteiger partial charge in [-0.15, -0.1) is 11.3 Å².